The third kappa shape index (κ3) is 4.07. The van der Waals surface area contributed by atoms with Crippen molar-refractivity contribution in [1.29, 1.82) is 0 Å². The molecule has 0 aliphatic heterocycles. The lowest BCUT2D eigenvalue weighted by Crippen LogP contribution is -2.26. The van der Waals surface area contributed by atoms with Crippen molar-refractivity contribution in [2.45, 2.75) is 6.54 Å². The fourth-order valence-corrected chi connectivity index (χ4v) is 2.82. The first-order chi connectivity index (χ1) is 12.9. The summed E-state index contributed by atoms with van der Waals surface area (Å²) < 4.78 is 5.18. The number of non-ortho nitro benzene ring substituents is 1. The van der Waals surface area contributed by atoms with Gasteiger partial charge in [0.15, 0.2) is 0 Å². The Kier molecular flexibility index (Phi) is 5.38. The highest BCUT2D eigenvalue weighted by molar-refractivity contribution is 6.34. The maximum absolute atomic E-state index is 12.5. The van der Waals surface area contributed by atoms with Gasteiger partial charge in [-0.05, 0) is 18.2 Å². The molecule has 1 aromatic heterocycles. The van der Waals surface area contributed by atoms with Crippen LogP contribution in [0.5, 0.6) is 0 Å². The zero-order chi connectivity index (χ0) is 19.6. The van der Waals surface area contributed by atoms with Gasteiger partial charge in [-0.25, -0.2) is 0 Å². The predicted molar refractivity (Wildman–Crippen MR) is 98.6 cm³/mol. The van der Waals surface area contributed by atoms with Crippen LogP contribution in [0.2, 0.25) is 10.0 Å². The topological polar surface area (TPSA) is 102 Å². The molecule has 3 rings (SSSR count). The Morgan fingerprint density at radius 2 is 1.96 bits per heavy atom. The van der Waals surface area contributed by atoms with Gasteiger partial charge in [-0.2, -0.15) is 4.98 Å². The van der Waals surface area contributed by atoms with E-state index in [2.05, 4.69) is 10.1 Å². The van der Waals surface area contributed by atoms with Crippen LogP contribution in [-0.2, 0) is 6.54 Å². The quantitative estimate of drug-likeness (QED) is 0.464. The minimum Gasteiger partial charge on any atom is -0.337 e. The second kappa shape index (κ2) is 7.73. The molecule has 0 radical (unpaired) electrons. The van der Waals surface area contributed by atoms with Crippen LogP contribution >= 0.6 is 23.2 Å². The van der Waals surface area contributed by atoms with E-state index in [9.17, 15) is 14.9 Å². The van der Waals surface area contributed by atoms with Gasteiger partial charge in [-0.3, -0.25) is 14.9 Å². The molecule has 0 aliphatic carbocycles. The van der Waals surface area contributed by atoms with Gasteiger partial charge in [0, 0.05) is 24.7 Å². The van der Waals surface area contributed by atoms with Crippen molar-refractivity contribution >= 4 is 34.8 Å². The zero-order valence-corrected chi connectivity index (χ0v) is 15.4. The monoisotopic (exact) mass is 406 g/mol. The maximum Gasteiger partial charge on any atom is 0.270 e. The average Bonchev–Trinajstić information content (AvgIpc) is 3.09. The van der Waals surface area contributed by atoms with Crippen molar-refractivity contribution in [1.82, 2.24) is 15.0 Å². The second-order valence-corrected chi connectivity index (χ2v) is 6.39. The van der Waals surface area contributed by atoms with E-state index in [1.807, 2.05) is 0 Å². The summed E-state index contributed by atoms with van der Waals surface area (Å²) >= 11 is 12.1. The first-order valence-electron chi connectivity index (χ1n) is 7.63. The minimum absolute atomic E-state index is 0.0108. The van der Waals surface area contributed by atoms with Crippen LogP contribution < -0.4 is 0 Å². The summed E-state index contributed by atoms with van der Waals surface area (Å²) in [6.07, 6.45) is 0. The number of carbonyl (C=O) groups is 1. The molecule has 0 unspecified atom stereocenters. The van der Waals surface area contributed by atoms with Crippen molar-refractivity contribution in [3.63, 3.8) is 0 Å². The summed E-state index contributed by atoms with van der Waals surface area (Å²) in [6, 6.07) is 10.7. The second-order valence-electron chi connectivity index (χ2n) is 5.57. The maximum atomic E-state index is 12.5. The molecule has 0 bridgehead atoms. The van der Waals surface area contributed by atoms with E-state index in [-0.39, 0.29) is 28.7 Å². The van der Waals surface area contributed by atoms with Gasteiger partial charge in [-0.1, -0.05) is 40.5 Å². The highest BCUT2D eigenvalue weighted by Crippen LogP contribution is 2.26. The lowest BCUT2D eigenvalue weighted by molar-refractivity contribution is -0.384. The molecule has 0 atom stereocenters. The lowest BCUT2D eigenvalue weighted by atomic mass is 10.2. The molecule has 138 valence electrons. The number of nitrogens with zero attached hydrogens (tertiary/aromatic N) is 4. The SMILES string of the molecule is CN(Cc1nc(-c2ccccc2Cl)no1)C(=O)c1ccc([N+](=O)[O-])cc1Cl. The number of nitro benzene ring substituents is 1. The summed E-state index contributed by atoms with van der Waals surface area (Å²) in [7, 11) is 1.53. The first-order valence-corrected chi connectivity index (χ1v) is 8.39. The predicted octanol–water partition coefficient (Wildman–Crippen LogP) is 4.22. The fourth-order valence-electron chi connectivity index (χ4n) is 2.34. The number of benzene rings is 2. The largest absolute Gasteiger partial charge is 0.337 e. The van der Waals surface area contributed by atoms with Crippen LogP contribution in [0.1, 0.15) is 16.2 Å². The molecule has 0 fully saturated rings. The van der Waals surface area contributed by atoms with Gasteiger partial charge >= 0.3 is 0 Å². The molecule has 1 heterocycles. The fraction of sp³-hybridized carbons (Fsp3) is 0.118. The van der Waals surface area contributed by atoms with E-state index in [4.69, 9.17) is 27.7 Å². The van der Waals surface area contributed by atoms with Crippen LogP contribution in [0.4, 0.5) is 5.69 Å². The molecule has 1 amide bonds. The third-order valence-electron chi connectivity index (χ3n) is 3.70. The summed E-state index contributed by atoms with van der Waals surface area (Å²) in [4.78, 5) is 28.3. The summed E-state index contributed by atoms with van der Waals surface area (Å²) in [5.41, 5.74) is 0.553. The molecule has 10 heteroatoms. The van der Waals surface area contributed by atoms with E-state index < -0.39 is 10.8 Å². The number of hydrogen-bond acceptors (Lipinski definition) is 6. The molecule has 0 saturated carbocycles. The molecule has 0 saturated heterocycles. The zero-order valence-electron chi connectivity index (χ0n) is 13.9. The molecular formula is C17H12Cl2N4O4. The summed E-state index contributed by atoms with van der Waals surface area (Å²) in [5, 5.41) is 15.1. The lowest BCUT2D eigenvalue weighted by Gasteiger charge is -2.15. The van der Waals surface area contributed by atoms with Gasteiger partial charge < -0.3 is 9.42 Å². The smallest absolute Gasteiger partial charge is 0.270 e. The molecule has 0 aliphatic rings. The number of hydrogen-bond donors (Lipinski definition) is 0. The first kappa shape index (κ1) is 18.8. The van der Waals surface area contributed by atoms with Crippen molar-refractivity contribution in [2.24, 2.45) is 0 Å². The van der Waals surface area contributed by atoms with Crippen LogP contribution in [0.25, 0.3) is 11.4 Å². The van der Waals surface area contributed by atoms with Gasteiger partial charge in [0.1, 0.15) is 0 Å². The van der Waals surface area contributed by atoms with E-state index in [0.29, 0.717) is 16.4 Å². The molecule has 27 heavy (non-hydrogen) atoms. The van der Waals surface area contributed by atoms with Gasteiger partial charge in [0.2, 0.25) is 11.7 Å². The Morgan fingerprint density at radius 3 is 2.63 bits per heavy atom. The number of amides is 1. The molecule has 0 N–H and O–H groups in total. The molecule has 2 aromatic carbocycles. The van der Waals surface area contributed by atoms with Gasteiger partial charge in [0.25, 0.3) is 11.6 Å². The normalized spacial score (nSPS) is 10.6. The highest BCUT2D eigenvalue weighted by atomic mass is 35.5. The minimum atomic E-state index is -0.585. The van der Waals surface area contributed by atoms with E-state index >= 15 is 0 Å². The average molecular weight is 407 g/mol. The Hall–Kier alpha value is -2.97. The standard InChI is InChI=1S/C17H12Cl2N4O4/c1-22(17(24)12-7-6-10(23(25)26)8-14(12)19)9-15-20-16(21-27-15)11-4-2-3-5-13(11)18/h2-8H,9H2,1H3. The van der Waals surface area contributed by atoms with Crippen LogP contribution in [0, 0.1) is 10.1 Å². The number of aromatic nitrogens is 2. The molecule has 3 aromatic rings. The number of rotatable bonds is 5. The van der Waals surface area contributed by atoms with E-state index in [0.717, 1.165) is 6.07 Å². The Labute approximate surface area is 163 Å². The number of halogens is 2. The van der Waals surface area contributed by atoms with Gasteiger partial charge in [0.05, 0.1) is 27.1 Å². The highest BCUT2D eigenvalue weighted by Gasteiger charge is 2.20. The number of carbonyl (C=O) groups excluding carboxylic acids is 1. The van der Waals surface area contributed by atoms with Crippen LogP contribution in [0.3, 0.4) is 0 Å². The Morgan fingerprint density at radius 1 is 1.22 bits per heavy atom. The van der Waals surface area contributed by atoms with Crippen molar-refractivity contribution < 1.29 is 14.2 Å². The molecule has 8 nitrogen and oxygen atoms in total. The van der Waals surface area contributed by atoms with Crippen LogP contribution in [-0.4, -0.2) is 32.9 Å². The Bertz CT molecular complexity index is 1020. The summed E-state index contributed by atoms with van der Waals surface area (Å²) in [6.45, 7) is 0.0314. The molecule has 0 spiro atoms. The van der Waals surface area contributed by atoms with Crippen molar-refractivity contribution in [2.75, 3.05) is 7.05 Å². The number of nitro groups is 1. The Balaban J connectivity index is 1.76. The van der Waals surface area contributed by atoms with Gasteiger partial charge in [-0.15, -0.1) is 0 Å². The van der Waals surface area contributed by atoms with E-state index in [1.54, 1.807) is 24.3 Å². The van der Waals surface area contributed by atoms with Crippen molar-refractivity contribution in [3.05, 3.63) is 74.1 Å². The summed E-state index contributed by atoms with van der Waals surface area (Å²) in [5.74, 6) is 0.0796. The van der Waals surface area contributed by atoms with Crippen LogP contribution in [0.15, 0.2) is 47.0 Å². The third-order valence-corrected chi connectivity index (χ3v) is 4.34. The van der Waals surface area contributed by atoms with Crippen molar-refractivity contribution in [3.8, 4) is 11.4 Å². The van der Waals surface area contributed by atoms with E-state index in [1.165, 1.54) is 24.1 Å². The molecular weight excluding hydrogens is 395 g/mol.